The van der Waals surface area contributed by atoms with E-state index in [1.165, 1.54) is 47.7 Å². The Bertz CT molecular complexity index is 748. The van der Waals surface area contributed by atoms with Gasteiger partial charge in [-0.05, 0) is 49.9 Å². The van der Waals surface area contributed by atoms with Crippen molar-refractivity contribution in [2.24, 2.45) is 10.7 Å². The Hall–Kier alpha value is -2.29. The molecular weight excluding hydrogens is 365 g/mol. The molecule has 3 rings (SSSR count). The number of hydrogen-bond donors (Lipinski definition) is 2. The van der Waals surface area contributed by atoms with Gasteiger partial charge in [0.2, 0.25) is 0 Å². The SMILES string of the molecule is NC(=NCCc1nc2c(s1)CCCC2)Nc1ccc(OC(F)(F)F)cc1. The standard InChI is InChI=1S/C17H19F3N4OS/c18-17(19,20)25-12-7-5-11(6-8-12)23-16(21)22-10-9-15-24-13-3-1-2-4-14(13)26-15/h5-8H,1-4,9-10H2,(H3,21,22,23). The van der Waals surface area contributed by atoms with Crippen LogP contribution in [0.15, 0.2) is 29.3 Å². The minimum absolute atomic E-state index is 0.204. The topological polar surface area (TPSA) is 72.5 Å². The lowest BCUT2D eigenvalue weighted by atomic mass is 10.0. The maximum Gasteiger partial charge on any atom is 0.573 e. The van der Waals surface area contributed by atoms with Crippen molar-refractivity contribution in [2.45, 2.75) is 38.5 Å². The maximum atomic E-state index is 12.1. The molecule has 1 aromatic carbocycles. The molecule has 0 unspecified atom stereocenters. The number of hydrogen-bond acceptors (Lipinski definition) is 4. The third kappa shape index (κ3) is 5.35. The molecular formula is C17H19F3N4OS. The van der Waals surface area contributed by atoms with E-state index >= 15 is 0 Å². The van der Waals surface area contributed by atoms with Crippen molar-refractivity contribution in [3.63, 3.8) is 0 Å². The number of halogens is 3. The fraction of sp³-hybridized carbons (Fsp3) is 0.412. The fourth-order valence-electron chi connectivity index (χ4n) is 2.71. The molecule has 3 N–H and O–H groups in total. The van der Waals surface area contributed by atoms with Gasteiger partial charge >= 0.3 is 6.36 Å². The van der Waals surface area contributed by atoms with Crippen molar-refractivity contribution in [3.05, 3.63) is 39.8 Å². The van der Waals surface area contributed by atoms with Gasteiger partial charge in [0, 0.05) is 23.5 Å². The number of aryl methyl sites for hydroxylation is 2. The predicted molar refractivity (Wildman–Crippen MR) is 95.7 cm³/mol. The first-order valence-corrected chi connectivity index (χ1v) is 9.11. The van der Waals surface area contributed by atoms with E-state index in [1.54, 1.807) is 11.3 Å². The van der Waals surface area contributed by atoms with Gasteiger partial charge in [-0.1, -0.05) is 0 Å². The molecule has 0 bridgehead atoms. The van der Waals surface area contributed by atoms with Gasteiger partial charge in [0.25, 0.3) is 0 Å². The number of aliphatic imine (C=N–C) groups is 1. The van der Waals surface area contributed by atoms with Crippen LogP contribution in [0.1, 0.15) is 28.4 Å². The second-order valence-corrected chi connectivity index (χ2v) is 7.07. The van der Waals surface area contributed by atoms with Crippen LogP contribution in [0.25, 0.3) is 0 Å². The Morgan fingerprint density at radius 2 is 1.96 bits per heavy atom. The molecule has 1 heterocycles. The van der Waals surface area contributed by atoms with Crippen LogP contribution < -0.4 is 15.8 Å². The molecule has 0 aliphatic heterocycles. The van der Waals surface area contributed by atoms with E-state index in [1.807, 2.05) is 0 Å². The van der Waals surface area contributed by atoms with Crippen LogP contribution in [-0.4, -0.2) is 23.9 Å². The normalized spacial score (nSPS) is 14.8. The lowest BCUT2D eigenvalue weighted by Gasteiger charge is -2.10. The number of aromatic nitrogens is 1. The molecule has 0 fully saturated rings. The maximum absolute atomic E-state index is 12.1. The first-order valence-electron chi connectivity index (χ1n) is 8.29. The Balaban J connectivity index is 1.49. The van der Waals surface area contributed by atoms with E-state index in [2.05, 4.69) is 20.0 Å². The summed E-state index contributed by atoms with van der Waals surface area (Å²) < 4.78 is 40.2. The molecule has 9 heteroatoms. The van der Waals surface area contributed by atoms with Crippen molar-refractivity contribution in [1.82, 2.24) is 4.98 Å². The molecule has 0 radical (unpaired) electrons. The zero-order valence-electron chi connectivity index (χ0n) is 14.0. The fourth-order valence-corrected chi connectivity index (χ4v) is 3.86. The molecule has 1 aliphatic carbocycles. The summed E-state index contributed by atoms with van der Waals surface area (Å²) in [5.74, 6) is -0.0814. The van der Waals surface area contributed by atoms with Gasteiger partial charge in [-0.25, -0.2) is 4.98 Å². The highest BCUT2D eigenvalue weighted by Crippen LogP contribution is 2.27. The van der Waals surface area contributed by atoms with Crippen molar-refractivity contribution < 1.29 is 17.9 Å². The molecule has 0 spiro atoms. The van der Waals surface area contributed by atoms with Crippen LogP contribution in [0.4, 0.5) is 18.9 Å². The Morgan fingerprint density at radius 3 is 2.65 bits per heavy atom. The van der Waals surface area contributed by atoms with E-state index in [-0.39, 0.29) is 11.7 Å². The smallest absolute Gasteiger partial charge is 0.406 e. The zero-order valence-corrected chi connectivity index (χ0v) is 14.8. The van der Waals surface area contributed by atoms with Crippen molar-refractivity contribution in [2.75, 3.05) is 11.9 Å². The zero-order chi connectivity index (χ0) is 18.6. The largest absolute Gasteiger partial charge is 0.573 e. The highest BCUT2D eigenvalue weighted by molar-refractivity contribution is 7.11. The summed E-state index contributed by atoms with van der Waals surface area (Å²) in [7, 11) is 0. The Labute approximate surface area is 153 Å². The molecule has 26 heavy (non-hydrogen) atoms. The van der Waals surface area contributed by atoms with Crippen LogP contribution in [0.2, 0.25) is 0 Å². The number of thiazole rings is 1. The molecule has 0 atom stereocenters. The summed E-state index contributed by atoms with van der Waals surface area (Å²) >= 11 is 1.75. The van der Waals surface area contributed by atoms with E-state index < -0.39 is 6.36 Å². The summed E-state index contributed by atoms with van der Waals surface area (Å²) in [5, 5.41) is 3.91. The number of benzene rings is 1. The van der Waals surface area contributed by atoms with Gasteiger partial charge in [0.15, 0.2) is 5.96 Å². The lowest BCUT2D eigenvalue weighted by molar-refractivity contribution is -0.274. The highest BCUT2D eigenvalue weighted by Gasteiger charge is 2.30. The summed E-state index contributed by atoms with van der Waals surface area (Å²) in [5.41, 5.74) is 7.58. The van der Waals surface area contributed by atoms with Crippen LogP contribution in [0.5, 0.6) is 5.75 Å². The van der Waals surface area contributed by atoms with Gasteiger partial charge < -0.3 is 15.8 Å². The Kier molecular flexibility index (Phi) is 5.65. The minimum atomic E-state index is -4.70. The molecule has 140 valence electrons. The number of rotatable bonds is 5. The van der Waals surface area contributed by atoms with E-state index in [9.17, 15) is 13.2 Å². The third-order valence-electron chi connectivity index (χ3n) is 3.86. The summed E-state index contributed by atoms with van der Waals surface area (Å²) in [6, 6.07) is 5.31. The Morgan fingerprint density at radius 1 is 1.23 bits per heavy atom. The predicted octanol–water partition coefficient (Wildman–Crippen LogP) is 3.89. The molecule has 5 nitrogen and oxygen atoms in total. The number of nitrogens with zero attached hydrogens (tertiary/aromatic N) is 2. The van der Waals surface area contributed by atoms with Crippen molar-refractivity contribution >= 4 is 23.0 Å². The summed E-state index contributed by atoms with van der Waals surface area (Å²) in [6.45, 7) is 0.500. The first-order chi connectivity index (χ1) is 12.4. The number of alkyl halides is 3. The number of fused-ring (bicyclic) bond motifs is 1. The summed E-state index contributed by atoms with van der Waals surface area (Å²) in [6.07, 6.45) is 0.637. The lowest BCUT2D eigenvalue weighted by Crippen LogP contribution is -2.23. The summed E-state index contributed by atoms with van der Waals surface area (Å²) in [4.78, 5) is 10.3. The van der Waals surface area contributed by atoms with Crippen LogP contribution >= 0.6 is 11.3 Å². The van der Waals surface area contributed by atoms with Crippen molar-refractivity contribution in [1.29, 1.82) is 0 Å². The monoisotopic (exact) mass is 384 g/mol. The average Bonchev–Trinajstić information content (AvgIpc) is 2.98. The molecule has 0 saturated heterocycles. The van der Waals surface area contributed by atoms with Gasteiger partial charge in [-0.2, -0.15) is 0 Å². The quantitative estimate of drug-likeness (QED) is 0.606. The van der Waals surface area contributed by atoms with Crippen LogP contribution in [0, 0.1) is 0 Å². The number of anilines is 1. The molecule has 0 saturated carbocycles. The third-order valence-corrected chi connectivity index (χ3v) is 5.08. The van der Waals surface area contributed by atoms with Gasteiger partial charge in [0.1, 0.15) is 5.75 Å². The van der Waals surface area contributed by atoms with E-state index in [0.717, 1.165) is 24.3 Å². The second kappa shape index (κ2) is 7.94. The van der Waals surface area contributed by atoms with Gasteiger partial charge in [-0.3, -0.25) is 4.99 Å². The van der Waals surface area contributed by atoms with Crippen LogP contribution in [0.3, 0.4) is 0 Å². The van der Waals surface area contributed by atoms with Crippen molar-refractivity contribution in [3.8, 4) is 5.75 Å². The highest BCUT2D eigenvalue weighted by atomic mass is 32.1. The number of nitrogens with one attached hydrogen (secondary N) is 1. The first kappa shape index (κ1) is 18.5. The van der Waals surface area contributed by atoms with Gasteiger partial charge in [-0.15, -0.1) is 24.5 Å². The number of ether oxygens (including phenoxy) is 1. The van der Waals surface area contributed by atoms with Gasteiger partial charge in [0.05, 0.1) is 10.7 Å². The van der Waals surface area contributed by atoms with E-state index in [4.69, 9.17) is 5.73 Å². The number of guanidine groups is 1. The molecule has 1 aliphatic rings. The van der Waals surface area contributed by atoms with Crippen LogP contribution in [-0.2, 0) is 19.3 Å². The number of nitrogens with two attached hydrogens (primary N) is 1. The second-order valence-electron chi connectivity index (χ2n) is 5.90. The minimum Gasteiger partial charge on any atom is -0.406 e. The molecule has 0 amide bonds. The molecule has 2 aromatic rings. The average molecular weight is 384 g/mol. The van der Waals surface area contributed by atoms with E-state index in [0.29, 0.717) is 12.2 Å². The molecule has 1 aromatic heterocycles.